The highest BCUT2D eigenvalue weighted by atomic mass is 16.6. The molecule has 3 N–H and O–H groups in total. The van der Waals surface area contributed by atoms with Gasteiger partial charge in [-0.1, -0.05) is 0 Å². The van der Waals surface area contributed by atoms with Crippen molar-refractivity contribution < 1.29 is 44.0 Å². The number of ether oxygens (including phenoxy) is 2. The first-order valence-corrected chi connectivity index (χ1v) is 6.24. The van der Waals surface area contributed by atoms with Gasteiger partial charge in [0.1, 0.15) is 5.75 Å². The molecule has 1 rings (SSSR count). The van der Waals surface area contributed by atoms with Crippen LogP contribution in [-0.2, 0) is 19.1 Å². The maximum Gasteiger partial charge on any atom is 0.345 e. The van der Waals surface area contributed by atoms with Crippen molar-refractivity contribution in [3.63, 3.8) is 0 Å². The normalized spacial score (nSPS) is 12.8. The number of carboxylic acids is 2. The summed E-state index contributed by atoms with van der Waals surface area (Å²) in [6.07, 6.45) is -2.40. The van der Waals surface area contributed by atoms with Crippen LogP contribution in [0.15, 0.2) is 24.3 Å². The van der Waals surface area contributed by atoms with Gasteiger partial charge in [-0.3, -0.25) is 9.59 Å². The highest BCUT2D eigenvalue weighted by molar-refractivity contribution is 5.98. The van der Waals surface area contributed by atoms with Gasteiger partial charge in [0.25, 0.3) is 0 Å². The third kappa shape index (κ3) is 5.08. The van der Waals surface area contributed by atoms with Crippen LogP contribution < -0.4 is 4.74 Å². The van der Waals surface area contributed by atoms with Crippen LogP contribution in [0.4, 0.5) is 0 Å². The zero-order valence-corrected chi connectivity index (χ0v) is 12.0. The number of benzene rings is 1. The molecule has 0 saturated heterocycles. The zero-order valence-electron chi connectivity index (χ0n) is 12.0. The van der Waals surface area contributed by atoms with E-state index in [0.717, 1.165) is 0 Å². The molecule has 1 aromatic carbocycles. The molecule has 1 aromatic rings. The van der Waals surface area contributed by atoms with E-state index in [0.29, 0.717) is 5.75 Å². The van der Waals surface area contributed by atoms with Gasteiger partial charge in [-0.2, -0.15) is 0 Å². The van der Waals surface area contributed by atoms with Crippen LogP contribution >= 0.6 is 0 Å². The Bertz CT molecular complexity index is 620. The summed E-state index contributed by atoms with van der Waals surface area (Å²) >= 11 is 0. The molecule has 0 radical (unpaired) electrons. The number of rotatable bonds is 7. The molecule has 0 fully saturated rings. The molecule has 0 saturated carbocycles. The maximum absolute atomic E-state index is 11.7. The molecule has 1 atom stereocenters. The largest absolute Gasteiger partial charge is 0.497 e. The van der Waals surface area contributed by atoms with Gasteiger partial charge in [0.2, 0.25) is 0 Å². The summed E-state index contributed by atoms with van der Waals surface area (Å²) in [7, 11) is 1.42. The average Bonchev–Trinajstić information content (AvgIpc) is 2.45. The second-order valence-electron chi connectivity index (χ2n) is 4.57. The minimum atomic E-state index is -2.86. The fourth-order valence-electron chi connectivity index (χ4n) is 1.63. The van der Waals surface area contributed by atoms with Crippen LogP contribution in [0, 0.1) is 0 Å². The van der Waals surface area contributed by atoms with Gasteiger partial charge < -0.3 is 24.8 Å². The predicted octanol–water partition coefficient (Wildman–Crippen LogP) is 0.0591. The molecular formula is C14H14O9. The summed E-state index contributed by atoms with van der Waals surface area (Å²) in [6, 6.07) is 5.52. The van der Waals surface area contributed by atoms with Crippen molar-refractivity contribution in [3.8, 4) is 5.75 Å². The molecule has 0 amide bonds. The standard InChI is InChI=1S/C14H14O9/c1-22-9-4-2-8(3-5-9)12(18)23-11(17)7-14(21,13(19)20)6-10(15)16/h2-5,21H,6-7H2,1H3,(H,15,16)(H,19,20). The van der Waals surface area contributed by atoms with Gasteiger partial charge in [-0.25, -0.2) is 9.59 Å². The number of aliphatic carboxylic acids is 2. The summed E-state index contributed by atoms with van der Waals surface area (Å²) in [6.45, 7) is 0. The topological polar surface area (TPSA) is 147 Å². The number of carboxylic acid groups (broad SMARTS) is 2. The van der Waals surface area contributed by atoms with Crippen molar-refractivity contribution in [2.24, 2.45) is 0 Å². The van der Waals surface area contributed by atoms with Crippen LogP contribution in [0.3, 0.4) is 0 Å². The van der Waals surface area contributed by atoms with Crippen LogP contribution in [0.5, 0.6) is 5.75 Å². The van der Waals surface area contributed by atoms with Crippen molar-refractivity contribution in [2.75, 3.05) is 7.11 Å². The molecule has 0 spiro atoms. The van der Waals surface area contributed by atoms with E-state index in [1.165, 1.54) is 31.4 Å². The molecule has 0 heterocycles. The van der Waals surface area contributed by atoms with Gasteiger partial charge >= 0.3 is 23.9 Å². The first kappa shape index (κ1) is 18.1. The number of hydrogen-bond donors (Lipinski definition) is 3. The maximum atomic E-state index is 11.7. The van der Waals surface area contributed by atoms with Crippen LogP contribution in [0.25, 0.3) is 0 Å². The Balaban J connectivity index is 2.75. The van der Waals surface area contributed by atoms with E-state index in [2.05, 4.69) is 4.74 Å². The fraction of sp³-hybridized carbons (Fsp3) is 0.286. The smallest absolute Gasteiger partial charge is 0.345 e. The van der Waals surface area contributed by atoms with Crippen LogP contribution in [0.1, 0.15) is 23.2 Å². The van der Waals surface area contributed by atoms with E-state index in [4.69, 9.17) is 14.9 Å². The third-order valence-electron chi connectivity index (χ3n) is 2.81. The summed E-state index contributed by atoms with van der Waals surface area (Å²) < 4.78 is 9.29. The lowest BCUT2D eigenvalue weighted by Crippen LogP contribution is -2.43. The minimum Gasteiger partial charge on any atom is -0.497 e. The Hall–Kier alpha value is -2.94. The molecule has 0 aliphatic heterocycles. The monoisotopic (exact) mass is 326 g/mol. The van der Waals surface area contributed by atoms with Gasteiger partial charge in [-0.15, -0.1) is 0 Å². The number of methoxy groups -OCH3 is 1. The van der Waals surface area contributed by atoms with Crippen molar-refractivity contribution in [1.29, 1.82) is 0 Å². The second kappa shape index (κ2) is 7.36. The summed E-state index contributed by atoms with van der Waals surface area (Å²) in [5, 5.41) is 27.1. The van der Waals surface area contributed by atoms with Gasteiger partial charge in [0.15, 0.2) is 5.60 Å². The first-order chi connectivity index (χ1) is 10.7. The molecule has 9 nitrogen and oxygen atoms in total. The van der Waals surface area contributed by atoms with Gasteiger partial charge in [0, 0.05) is 0 Å². The average molecular weight is 326 g/mol. The van der Waals surface area contributed by atoms with Crippen LogP contribution in [0.2, 0.25) is 0 Å². The van der Waals surface area contributed by atoms with E-state index < -0.39 is 42.3 Å². The lowest BCUT2D eigenvalue weighted by atomic mass is 9.96. The molecule has 9 heteroatoms. The third-order valence-corrected chi connectivity index (χ3v) is 2.81. The predicted molar refractivity (Wildman–Crippen MR) is 72.9 cm³/mol. The Morgan fingerprint density at radius 3 is 2.04 bits per heavy atom. The fourth-order valence-corrected chi connectivity index (χ4v) is 1.63. The molecular weight excluding hydrogens is 312 g/mol. The molecule has 0 aliphatic carbocycles. The van der Waals surface area contributed by atoms with E-state index in [1.54, 1.807) is 0 Å². The molecule has 0 aromatic heterocycles. The quantitative estimate of drug-likeness (QED) is 0.467. The zero-order chi connectivity index (χ0) is 17.6. The summed E-state index contributed by atoms with van der Waals surface area (Å²) in [5.74, 6) is -5.50. The van der Waals surface area contributed by atoms with E-state index >= 15 is 0 Å². The highest BCUT2D eigenvalue weighted by Crippen LogP contribution is 2.18. The van der Waals surface area contributed by atoms with Gasteiger partial charge in [0.05, 0.1) is 25.5 Å². The summed E-state index contributed by atoms with van der Waals surface area (Å²) in [4.78, 5) is 44.7. The number of carbonyl (C=O) groups excluding carboxylic acids is 2. The Morgan fingerprint density at radius 1 is 1.04 bits per heavy atom. The van der Waals surface area contributed by atoms with Crippen molar-refractivity contribution >= 4 is 23.9 Å². The molecule has 124 valence electrons. The minimum absolute atomic E-state index is 0.00347. The lowest BCUT2D eigenvalue weighted by molar-refractivity contribution is -0.170. The Kier molecular flexibility index (Phi) is 5.80. The summed E-state index contributed by atoms with van der Waals surface area (Å²) in [5.41, 5.74) is -2.86. The van der Waals surface area contributed by atoms with Crippen molar-refractivity contribution in [1.82, 2.24) is 0 Å². The van der Waals surface area contributed by atoms with E-state index in [1.807, 2.05) is 0 Å². The van der Waals surface area contributed by atoms with E-state index in [9.17, 15) is 24.3 Å². The SMILES string of the molecule is COc1ccc(C(=O)OC(=O)CC(O)(CC(=O)O)C(=O)O)cc1. The number of carbonyl (C=O) groups is 4. The number of aliphatic hydroxyl groups is 1. The van der Waals surface area contributed by atoms with Crippen molar-refractivity contribution in [2.45, 2.75) is 18.4 Å². The second-order valence-corrected chi connectivity index (χ2v) is 4.57. The van der Waals surface area contributed by atoms with Gasteiger partial charge in [-0.05, 0) is 24.3 Å². The lowest BCUT2D eigenvalue weighted by Gasteiger charge is -2.19. The van der Waals surface area contributed by atoms with Crippen molar-refractivity contribution in [3.05, 3.63) is 29.8 Å². The molecule has 0 aliphatic rings. The number of hydrogen-bond acceptors (Lipinski definition) is 7. The highest BCUT2D eigenvalue weighted by Gasteiger charge is 2.41. The number of esters is 2. The Labute approximate surface area is 130 Å². The van der Waals surface area contributed by atoms with Crippen LogP contribution in [-0.4, -0.2) is 51.9 Å². The molecule has 0 bridgehead atoms. The Morgan fingerprint density at radius 2 is 1.61 bits per heavy atom. The van der Waals surface area contributed by atoms with E-state index in [-0.39, 0.29) is 5.56 Å². The first-order valence-electron chi connectivity index (χ1n) is 6.24. The molecule has 23 heavy (non-hydrogen) atoms. The molecule has 1 unspecified atom stereocenters.